The molecule has 2 aromatic carbocycles. The molecular formula is C18H19F2NO3. The number of ether oxygens (including phenoxy) is 1. The Hall–Kier alpha value is -2.47. The third kappa shape index (κ3) is 4.52. The van der Waals surface area contributed by atoms with Crippen LogP contribution in [0.4, 0.5) is 13.6 Å². The summed E-state index contributed by atoms with van der Waals surface area (Å²) in [6.45, 7) is 1.75. The van der Waals surface area contributed by atoms with Crippen molar-refractivity contribution in [2.75, 3.05) is 0 Å². The number of hydrogen-bond acceptors (Lipinski definition) is 3. The molecule has 24 heavy (non-hydrogen) atoms. The molecule has 0 saturated carbocycles. The van der Waals surface area contributed by atoms with Crippen LogP contribution in [-0.2, 0) is 11.3 Å². The zero-order valence-electron chi connectivity index (χ0n) is 13.2. The molecule has 2 unspecified atom stereocenters. The molecule has 0 aliphatic carbocycles. The van der Waals surface area contributed by atoms with Crippen LogP contribution in [0.5, 0.6) is 0 Å². The van der Waals surface area contributed by atoms with E-state index in [0.29, 0.717) is 0 Å². The van der Waals surface area contributed by atoms with Gasteiger partial charge in [-0.05, 0) is 24.1 Å². The fourth-order valence-corrected chi connectivity index (χ4v) is 2.31. The number of nitrogens with one attached hydrogen (secondary N) is 1. The molecule has 128 valence electrons. The lowest BCUT2D eigenvalue weighted by atomic mass is 9.99. The van der Waals surface area contributed by atoms with Gasteiger partial charge in [0.05, 0.1) is 11.6 Å². The Balaban J connectivity index is 1.99. The molecular weight excluding hydrogens is 316 g/mol. The summed E-state index contributed by atoms with van der Waals surface area (Å²) in [5.74, 6) is -1.72. The number of hydrogen-bond donors (Lipinski definition) is 2. The Morgan fingerprint density at radius 2 is 1.75 bits per heavy atom. The summed E-state index contributed by atoms with van der Waals surface area (Å²) in [4.78, 5) is 11.9. The number of alkyl carbamates (subject to hydrolysis) is 1. The highest BCUT2D eigenvalue weighted by molar-refractivity contribution is 5.67. The second-order valence-corrected chi connectivity index (χ2v) is 5.30. The molecule has 0 aliphatic rings. The quantitative estimate of drug-likeness (QED) is 0.846. The van der Waals surface area contributed by atoms with Crippen molar-refractivity contribution in [1.82, 2.24) is 5.32 Å². The number of aliphatic hydroxyl groups excluding tert-OH is 1. The smallest absolute Gasteiger partial charge is 0.407 e. The number of benzene rings is 2. The Morgan fingerprint density at radius 3 is 2.33 bits per heavy atom. The molecule has 1 amide bonds. The Morgan fingerprint density at radius 1 is 1.12 bits per heavy atom. The molecule has 2 N–H and O–H groups in total. The second-order valence-electron chi connectivity index (χ2n) is 5.30. The molecule has 0 aromatic heterocycles. The van der Waals surface area contributed by atoms with Crippen molar-refractivity contribution >= 4 is 6.09 Å². The van der Waals surface area contributed by atoms with Crippen molar-refractivity contribution in [3.8, 4) is 0 Å². The SMILES string of the molecule is CCC(NC(=O)OCc1ccccc1)C(O)c1c(F)cccc1F. The van der Waals surface area contributed by atoms with Crippen LogP contribution in [0.2, 0.25) is 0 Å². The van der Waals surface area contributed by atoms with E-state index >= 15 is 0 Å². The van der Waals surface area contributed by atoms with E-state index in [1.54, 1.807) is 19.1 Å². The fraction of sp³-hybridized carbons (Fsp3) is 0.278. The molecule has 2 aromatic rings. The monoisotopic (exact) mass is 335 g/mol. The average Bonchev–Trinajstić information content (AvgIpc) is 2.58. The van der Waals surface area contributed by atoms with E-state index in [1.807, 2.05) is 18.2 Å². The second kappa shape index (κ2) is 8.40. The van der Waals surface area contributed by atoms with Crippen LogP contribution >= 0.6 is 0 Å². The molecule has 6 heteroatoms. The normalized spacial score (nSPS) is 13.2. The first-order valence-corrected chi connectivity index (χ1v) is 7.62. The van der Waals surface area contributed by atoms with Gasteiger partial charge in [-0.2, -0.15) is 0 Å². The highest BCUT2D eigenvalue weighted by Gasteiger charge is 2.27. The summed E-state index contributed by atoms with van der Waals surface area (Å²) in [7, 11) is 0. The average molecular weight is 335 g/mol. The Bertz CT molecular complexity index is 659. The van der Waals surface area contributed by atoms with Gasteiger partial charge in [0, 0.05) is 0 Å². The van der Waals surface area contributed by atoms with Gasteiger partial charge in [0.1, 0.15) is 24.3 Å². The van der Waals surface area contributed by atoms with Crippen LogP contribution in [0.25, 0.3) is 0 Å². The van der Waals surface area contributed by atoms with Crippen molar-refractivity contribution in [3.63, 3.8) is 0 Å². The summed E-state index contributed by atoms with van der Waals surface area (Å²) < 4.78 is 32.6. The minimum atomic E-state index is -1.51. The van der Waals surface area contributed by atoms with E-state index in [0.717, 1.165) is 17.7 Å². The molecule has 0 fully saturated rings. The summed E-state index contributed by atoms with van der Waals surface area (Å²) in [6, 6.07) is 11.5. The first kappa shape index (κ1) is 17.9. The summed E-state index contributed by atoms with van der Waals surface area (Å²) in [5.41, 5.74) is 0.342. The molecule has 0 aliphatic heterocycles. The van der Waals surface area contributed by atoms with Crippen molar-refractivity contribution in [1.29, 1.82) is 0 Å². The predicted octanol–water partition coefficient (Wildman–Crippen LogP) is 3.70. The van der Waals surface area contributed by atoms with E-state index < -0.39 is 35.4 Å². The lowest BCUT2D eigenvalue weighted by Gasteiger charge is -2.23. The summed E-state index contributed by atoms with van der Waals surface area (Å²) in [5, 5.41) is 12.7. The molecule has 2 rings (SSSR count). The van der Waals surface area contributed by atoms with E-state index in [-0.39, 0.29) is 13.0 Å². The number of rotatable bonds is 6. The summed E-state index contributed by atoms with van der Waals surface area (Å²) in [6.07, 6.45) is -2.00. The third-order valence-electron chi connectivity index (χ3n) is 3.63. The molecule has 0 saturated heterocycles. The van der Waals surface area contributed by atoms with Crippen LogP contribution in [0.1, 0.15) is 30.6 Å². The van der Waals surface area contributed by atoms with Gasteiger partial charge in [0.2, 0.25) is 0 Å². The van der Waals surface area contributed by atoms with Crippen LogP contribution in [0, 0.1) is 11.6 Å². The van der Waals surface area contributed by atoms with Gasteiger partial charge in [-0.25, -0.2) is 13.6 Å². The number of carbonyl (C=O) groups is 1. The maximum absolute atomic E-state index is 13.8. The first-order valence-electron chi connectivity index (χ1n) is 7.62. The van der Waals surface area contributed by atoms with Crippen molar-refractivity contribution in [3.05, 3.63) is 71.3 Å². The van der Waals surface area contributed by atoms with Gasteiger partial charge in [-0.3, -0.25) is 0 Å². The molecule has 0 bridgehead atoms. The van der Waals surface area contributed by atoms with Crippen molar-refractivity contribution in [2.45, 2.75) is 32.1 Å². The van der Waals surface area contributed by atoms with E-state index in [1.165, 1.54) is 6.07 Å². The largest absolute Gasteiger partial charge is 0.445 e. The Kier molecular flexibility index (Phi) is 6.26. The predicted molar refractivity (Wildman–Crippen MR) is 85.2 cm³/mol. The van der Waals surface area contributed by atoms with E-state index in [2.05, 4.69) is 5.32 Å². The minimum absolute atomic E-state index is 0.0628. The van der Waals surface area contributed by atoms with Crippen LogP contribution in [0.3, 0.4) is 0 Å². The van der Waals surface area contributed by atoms with Gasteiger partial charge in [-0.15, -0.1) is 0 Å². The molecule has 0 radical (unpaired) electrons. The topological polar surface area (TPSA) is 58.6 Å². The molecule has 0 heterocycles. The lowest BCUT2D eigenvalue weighted by molar-refractivity contribution is 0.0960. The number of aliphatic hydroxyl groups is 1. The van der Waals surface area contributed by atoms with Gasteiger partial charge >= 0.3 is 6.09 Å². The third-order valence-corrected chi connectivity index (χ3v) is 3.63. The minimum Gasteiger partial charge on any atom is -0.445 e. The van der Waals surface area contributed by atoms with E-state index in [4.69, 9.17) is 4.74 Å². The lowest BCUT2D eigenvalue weighted by Crippen LogP contribution is -2.39. The maximum Gasteiger partial charge on any atom is 0.407 e. The number of carbonyl (C=O) groups excluding carboxylic acids is 1. The van der Waals surface area contributed by atoms with Gasteiger partial charge < -0.3 is 15.2 Å². The van der Waals surface area contributed by atoms with Crippen LogP contribution in [-0.4, -0.2) is 17.2 Å². The fourth-order valence-electron chi connectivity index (χ4n) is 2.31. The van der Waals surface area contributed by atoms with Crippen LogP contribution < -0.4 is 5.32 Å². The van der Waals surface area contributed by atoms with Gasteiger partial charge in [0.15, 0.2) is 0 Å². The zero-order chi connectivity index (χ0) is 17.5. The van der Waals surface area contributed by atoms with E-state index in [9.17, 15) is 18.7 Å². The van der Waals surface area contributed by atoms with Gasteiger partial charge in [0.25, 0.3) is 0 Å². The number of amides is 1. The maximum atomic E-state index is 13.8. The first-order chi connectivity index (χ1) is 11.5. The molecule has 0 spiro atoms. The summed E-state index contributed by atoms with van der Waals surface area (Å²) >= 11 is 0. The van der Waals surface area contributed by atoms with Gasteiger partial charge in [-0.1, -0.05) is 43.3 Å². The van der Waals surface area contributed by atoms with Crippen molar-refractivity contribution in [2.24, 2.45) is 0 Å². The molecule has 2 atom stereocenters. The highest BCUT2D eigenvalue weighted by Crippen LogP contribution is 2.24. The Labute approximate surface area is 139 Å². The standard InChI is InChI=1S/C18H19F2NO3/c1-2-15(17(22)16-13(19)9-6-10-14(16)20)21-18(23)24-11-12-7-4-3-5-8-12/h3-10,15,17,22H,2,11H2,1H3,(H,21,23). The molecule has 4 nitrogen and oxygen atoms in total. The number of halogens is 2. The van der Waals surface area contributed by atoms with Crippen LogP contribution in [0.15, 0.2) is 48.5 Å². The zero-order valence-corrected chi connectivity index (χ0v) is 13.2. The highest BCUT2D eigenvalue weighted by atomic mass is 19.1. The van der Waals surface area contributed by atoms with Crippen molar-refractivity contribution < 1.29 is 23.4 Å².